The molecule has 0 radical (unpaired) electrons. The Morgan fingerprint density at radius 3 is 2.80 bits per heavy atom. The maximum atomic E-state index is 12.8. The molecular formula is C10H6ClFN2S. The Morgan fingerprint density at radius 1 is 1.20 bits per heavy atom. The van der Waals surface area contributed by atoms with Crippen molar-refractivity contribution in [2.75, 3.05) is 0 Å². The van der Waals surface area contributed by atoms with Crippen molar-refractivity contribution in [3.63, 3.8) is 0 Å². The van der Waals surface area contributed by atoms with Crippen LogP contribution in [0.2, 0.25) is 5.02 Å². The van der Waals surface area contributed by atoms with Gasteiger partial charge in [0.2, 0.25) is 5.95 Å². The van der Waals surface area contributed by atoms with Crippen molar-refractivity contribution >= 4 is 23.4 Å². The van der Waals surface area contributed by atoms with Gasteiger partial charge in [-0.1, -0.05) is 17.7 Å². The van der Waals surface area contributed by atoms with Crippen LogP contribution in [-0.2, 0) is 0 Å². The summed E-state index contributed by atoms with van der Waals surface area (Å²) in [5.74, 6) is -0.507. The highest BCUT2D eigenvalue weighted by atomic mass is 35.5. The van der Waals surface area contributed by atoms with Crippen LogP contribution >= 0.6 is 23.4 Å². The molecule has 15 heavy (non-hydrogen) atoms. The second-order valence-electron chi connectivity index (χ2n) is 2.69. The zero-order valence-electron chi connectivity index (χ0n) is 7.52. The van der Waals surface area contributed by atoms with Crippen molar-refractivity contribution in [1.82, 2.24) is 9.97 Å². The largest absolute Gasteiger partial charge is 0.248 e. The van der Waals surface area contributed by atoms with Crippen LogP contribution in [0.4, 0.5) is 4.39 Å². The van der Waals surface area contributed by atoms with E-state index in [0.29, 0.717) is 15.1 Å². The van der Waals surface area contributed by atoms with E-state index in [1.807, 2.05) is 0 Å². The minimum Gasteiger partial charge on any atom is -0.248 e. The van der Waals surface area contributed by atoms with Gasteiger partial charge in [-0.05, 0) is 36.0 Å². The van der Waals surface area contributed by atoms with Gasteiger partial charge in [0, 0.05) is 6.20 Å². The molecule has 0 aliphatic carbocycles. The third-order valence-electron chi connectivity index (χ3n) is 1.62. The summed E-state index contributed by atoms with van der Waals surface area (Å²) in [7, 11) is 0. The molecule has 0 saturated carbocycles. The van der Waals surface area contributed by atoms with E-state index in [-0.39, 0.29) is 0 Å². The monoisotopic (exact) mass is 240 g/mol. The predicted molar refractivity (Wildman–Crippen MR) is 57.6 cm³/mol. The number of halogens is 2. The molecule has 0 bridgehead atoms. The Morgan fingerprint density at radius 2 is 2.07 bits per heavy atom. The van der Waals surface area contributed by atoms with Crippen molar-refractivity contribution in [2.45, 2.75) is 10.1 Å². The van der Waals surface area contributed by atoms with Crippen molar-refractivity contribution in [1.29, 1.82) is 0 Å². The minimum absolute atomic E-state index is 0.507. The minimum atomic E-state index is -0.507. The van der Waals surface area contributed by atoms with Crippen molar-refractivity contribution < 1.29 is 4.39 Å². The summed E-state index contributed by atoms with van der Waals surface area (Å²) in [4.78, 5) is 7.78. The highest BCUT2D eigenvalue weighted by Crippen LogP contribution is 2.29. The van der Waals surface area contributed by atoms with Gasteiger partial charge in [0.1, 0.15) is 10.1 Å². The molecule has 0 atom stereocenters. The molecule has 0 fully saturated rings. The first-order chi connectivity index (χ1) is 7.25. The Balaban J connectivity index is 2.26. The second-order valence-corrected chi connectivity index (χ2v) is 4.11. The van der Waals surface area contributed by atoms with E-state index in [0.717, 1.165) is 0 Å². The standard InChI is InChI=1S/C10H6ClFN2S/c11-7-3-2-6-13-10(7)15-9-5-1-4-8(12)14-9/h1-6H. The van der Waals surface area contributed by atoms with Gasteiger partial charge in [0.05, 0.1) is 5.02 Å². The fourth-order valence-corrected chi connectivity index (χ4v) is 1.99. The summed E-state index contributed by atoms with van der Waals surface area (Å²) < 4.78 is 12.8. The van der Waals surface area contributed by atoms with Crippen LogP contribution in [0.5, 0.6) is 0 Å². The van der Waals surface area contributed by atoms with Gasteiger partial charge in [-0.15, -0.1) is 0 Å². The fraction of sp³-hybridized carbons (Fsp3) is 0. The first kappa shape index (κ1) is 10.4. The molecule has 0 aliphatic heterocycles. The van der Waals surface area contributed by atoms with E-state index in [4.69, 9.17) is 11.6 Å². The fourth-order valence-electron chi connectivity index (χ4n) is 0.992. The number of aromatic nitrogens is 2. The molecule has 0 unspecified atom stereocenters. The molecule has 2 heterocycles. The van der Waals surface area contributed by atoms with Crippen molar-refractivity contribution in [3.05, 3.63) is 47.5 Å². The smallest absolute Gasteiger partial charge is 0.213 e. The summed E-state index contributed by atoms with van der Waals surface area (Å²) in [6, 6.07) is 8.08. The van der Waals surface area contributed by atoms with Crippen LogP contribution < -0.4 is 0 Å². The molecule has 0 aliphatic rings. The summed E-state index contributed by atoms with van der Waals surface area (Å²) in [5, 5.41) is 1.70. The molecule has 2 rings (SSSR count). The van der Waals surface area contributed by atoms with Crippen LogP contribution in [0.25, 0.3) is 0 Å². The summed E-state index contributed by atoms with van der Waals surface area (Å²) >= 11 is 7.14. The number of hydrogen-bond donors (Lipinski definition) is 0. The number of rotatable bonds is 2. The van der Waals surface area contributed by atoms with Gasteiger partial charge in [-0.25, -0.2) is 9.97 Å². The lowest BCUT2D eigenvalue weighted by Gasteiger charge is -2.01. The van der Waals surface area contributed by atoms with Crippen molar-refractivity contribution in [3.8, 4) is 0 Å². The molecular weight excluding hydrogens is 235 g/mol. The lowest BCUT2D eigenvalue weighted by Crippen LogP contribution is -1.86. The van der Waals surface area contributed by atoms with E-state index in [1.54, 1.807) is 30.5 Å². The molecule has 0 aromatic carbocycles. The second kappa shape index (κ2) is 4.59. The summed E-state index contributed by atoms with van der Waals surface area (Å²) in [6.45, 7) is 0. The zero-order valence-corrected chi connectivity index (χ0v) is 9.10. The van der Waals surface area contributed by atoms with E-state index < -0.39 is 5.95 Å². The molecule has 0 saturated heterocycles. The quantitative estimate of drug-likeness (QED) is 0.753. The maximum Gasteiger partial charge on any atom is 0.213 e. The van der Waals surface area contributed by atoms with Crippen LogP contribution in [0, 0.1) is 5.95 Å². The van der Waals surface area contributed by atoms with Gasteiger partial charge in [-0.2, -0.15) is 4.39 Å². The average Bonchev–Trinajstić information content (AvgIpc) is 2.22. The van der Waals surface area contributed by atoms with Crippen LogP contribution in [-0.4, -0.2) is 9.97 Å². The van der Waals surface area contributed by atoms with Gasteiger partial charge in [0.25, 0.3) is 0 Å². The van der Waals surface area contributed by atoms with Crippen LogP contribution in [0.1, 0.15) is 0 Å². The Labute approximate surface area is 95.5 Å². The molecule has 76 valence electrons. The maximum absolute atomic E-state index is 12.8. The first-order valence-electron chi connectivity index (χ1n) is 4.16. The Hall–Kier alpha value is -1.13. The van der Waals surface area contributed by atoms with Gasteiger partial charge < -0.3 is 0 Å². The number of pyridine rings is 2. The Bertz CT molecular complexity index is 478. The van der Waals surface area contributed by atoms with Gasteiger partial charge in [0.15, 0.2) is 0 Å². The molecule has 2 aromatic rings. The number of nitrogens with zero attached hydrogens (tertiary/aromatic N) is 2. The van der Waals surface area contributed by atoms with Crippen molar-refractivity contribution in [2.24, 2.45) is 0 Å². The third kappa shape index (κ3) is 2.67. The average molecular weight is 241 g/mol. The van der Waals surface area contributed by atoms with Gasteiger partial charge >= 0.3 is 0 Å². The molecule has 2 aromatic heterocycles. The van der Waals surface area contributed by atoms with Crippen LogP contribution in [0.15, 0.2) is 46.6 Å². The van der Waals surface area contributed by atoms with E-state index in [1.165, 1.54) is 17.8 Å². The predicted octanol–water partition coefficient (Wildman–Crippen LogP) is 3.42. The topological polar surface area (TPSA) is 25.8 Å². The third-order valence-corrected chi connectivity index (χ3v) is 2.99. The van der Waals surface area contributed by atoms with Gasteiger partial charge in [-0.3, -0.25) is 0 Å². The Kier molecular flexibility index (Phi) is 3.18. The summed E-state index contributed by atoms with van der Waals surface area (Å²) in [5.41, 5.74) is 0. The summed E-state index contributed by atoms with van der Waals surface area (Å²) in [6.07, 6.45) is 1.63. The highest BCUT2D eigenvalue weighted by Gasteiger charge is 2.04. The molecule has 0 spiro atoms. The first-order valence-corrected chi connectivity index (χ1v) is 5.36. The molecule has 5 heteroatoms. The molecule has 0 N–H and O–H groups in total. The highest BCUT2D eigenvalue weighted by molar-refractivity contribution is 7.99. The van der Waals surface area contributed by atoms with E-state index in [9.17, 15) is 4.39 Å². The van der Waals surface area contributed by atoms with E-state index in [2.05, 4.69) is 9.97 Å². The van der Waals surface area contributed by atoms with E-state index >= 15 is 0 Å². The normalized spacial score (nSPS) is 10.3. The molecule has 0 amide bonds. The van der Waals surface area contributed by atoms with Crippen LogP contribution in [0.3, 0.4) is 0 Å². The number of hydrogen-bond acceptors (Lipinski definition) is 3. The SMILES string of the molecule is Fc1cccc(Sc2ncccc2Cl)n1. The lowest BCUT2D eigenvalue weighted by atomic mass is 10.5. The molecule has 2 nitrogen and oxygen atoms in total. The lowest BCUT2D eigenvalue weighted by molar-refractivity contribution is 0.572. The zero-order chi connectivity index (χ0) is 10.7.